The first kappa shape index (κ1) is 27.2. The molecule has 0 fully saturated rings. The Morgan fingerprint density at radius 3 is 2.64 bits per heavy atom. The summed E-state index contributed by atoms with van der Waals surface area (Å²) in [6.45, 7) is 10.4. The number of hydrogen-bond donors (Lipinski definition) is 2. The van der Waals surface area contributed by atoms with E-state index in [9.17, 15) is 9.59 Å². The van der Waals surface area contributed by atoms with Crippen molar-refractivity contribution in [2.24, 2.45) is 5.41 Å². The van der Waals surface area contributed by atoms with Gasteiger partial charge in [-0.25, -0.2) is 4.98 Å². The van der Waals surface area contributed by atoms with Gasteiger partial charge < -0.3 is 30.1 Å². The van der Waals surface area contributed by atoms with Gasteiger partial charge in [0.1, 0.15) is 11.4 Å². The van der Waals surface area contributed by atoms with E-state index < -0.39 is 0 Å². The van der Waals surface area contributed by atoms with E-state index in [1.807, 2.05) is 14.1 Å². The lowest BCUT2D eigenvalue weighted by Crippen LogP contribution is -2.39. The fraction of sp³-hybridized carbons (Fsp3) is 0.538. The highest BCUT2D eigenvalue weighted by Gasteiger charge is 2.27. The Morgan fingerprint density at radius 1 is 1.28 bits per heavy atom. The van der Waals surface area contributed by atoms with Gasteiger partial charge in [-0.2, -0.15) is 4.98 Å². The van der Waals surface area contributed by atoms with E-state index in [0.29, 0.717) is 54.0 Å². The Bertz CT molecular complexity index is 1100. The molecule has 0 unspecified atom stereocenters. The van der Waals surface area contributed by atoms with Gasteiger partial charge in [0.15, 0.2) is 5.82 Å². The highest BCUT2D eigenvalue weighted by molar-refractivity contribution is 5.97. The number of anilines is 4. The number of fused-ring (bicyclic) bond motifs is 1. The lowest BCUT2D eigenvalue weighted by atomic mass is 9.93. The largest absolute Gasteiger partial charge is 0.495 e. The summed E-state index contributed by atoms with van der Waals surface area (Å²) in [7, 11) is 7.34. The van der Waals surface area contributed by atoms with Crippen LogP contribution >= 0.6 is 0 Å². The SMILES string of the molecule is COc1cc(C(=O)NCC(C)(C)CN(C)C)ccc1Nc1ncc2c(n1)N(C(C)C)CCC(=O)N2C. The molecule has 0 saturated heterocycles. The van der Waals surface area contributed by atoms with Crippen LogP contribution in [0, 0.1) is 5.41 Å². The third-order valence-corrected chi connectivity index (χ3v) is 6.13. The van der Waals surface area contributed by atoms with E-state index in [0.717, 1.165) is 6.54 Å². The second kappa shape index (κ2) is 11.1. The van der Waals surface area contributed by atoms with Gasteiger partial charge in [-0.3, -0.25) is 9.59 Å². The highest BCUT2D eigenvalue weighted by atomic mass is 16.5. The average Bonchev–Trinajstić information content (AvgIpc) is 2.93. The number of carbonyl (C=O) groups excluding carboxylic acids is 2. The molecule has 0 atom stereocenters. The van der Waals surface area contributed by atoms with Gasteiger partial charge in [-0.05, 0) is 51.6 Å². The van der Waals surface area contributed by atoms with Crippen molar-refractivity contribution in [3.63, 3.8) is 0 Å². The number of aromatic nitrogens is 2. The molecule has 196 valence electrons. The first-order valence-electron chi connectivity index (χ1n) is 12.2. The Hall–Kier alpha value is -3.40. The molecule has 10 heteroatoms. The summed E-state index contributed by atoms with van der Waals surface area (Å²) in [4.78, 5) is 40.2. The molecule has 2 heterocycles. The number of nitrogens with one attached hydrogen (secondary N) is 2. The van der Waals surface area contributed by atoms with Gasteiger partial charge in [0, 0.05) is 44.7 Å². The first-order chi connectivity index (χ1) is 16.9. The fourth-order valence-corrected chi connectivity index (χ4v) is 4.39. The van der Waals surface area contributed by atoms with E-state index >= 15 is 0 Å². The van der Waals surface area contributed by atoms with Crippen molar-refractivity contribution in [3.8, 4) is 5.75 Å². The molecule has 2 aromatic rings. The average molecular weight is 498 g/mol. The molecule has 1 aromatic carbocycles. The van der Waals surface area contributed by atoms with E-state index in [-0.39, 0.29) is 23.3 Å². The second-order valence-electron chi connectivity index (χ2n) is 10.5. The third kappa shape index (κ3) is 6.42. The van der Waals surface area contributed by atoms with Crippen LogP contribution in [0.3, 0.4) is 0 Å². The topological polar surface area (TPSA) is 103 Å². The molecule has 0 spiro atoms. The molecule has 1 aliphatic rings. The van der Waals surface area contributed by atoms with Gasteiger partial charge in [-0.15, -0.1) is 0 Å². The number of nitrogens with zero attached hydrogens (tertiary/aromatic N) is 5. The summed E-state index contributed by atoms with van der Waals surface area (Å²) >= 11 is 0. The van der Waals surface area contributed by atoms with Gasteiger partial charge in [0.25, 0.3) is 5.91 Å². The maximum absolute atomic E-state index is 12.8. The van der Waals surface area contributed by atoms with E-state index in [2.05, 4.69) is 53.1 Å². The lowest BCUT2D eigenvalue weighted by Gasteiger charge is -2.28. The highest BCUT2D eigenvalue weighted by Crippen LogP contribution is 2.33. The van der Waals surface area contributed by atoms with Crippen LogP contribution in [0.1, 0.15) is 44.5 Å². The molecule has 10 nitrogen and oxygen atoms in total. The minimum absolute atomic E-state index is 0.0318. The molecule has 36 heavy (non-hydrogen) atoms. The number of carbonyl (C=O) groups is 2. The zero-order chi connectivity index (χ0) is 26.6. The Balaban J connectivity index is 1.81. The maximum Gasteiger partial charge on any atom is 0.251 e. The Labute approximate surface area is 214 Å². The van der Waals surface area contributed by atoms with Crippen molar-refractivity contribution >= 4 is 35.0 Å². The number of ether oxygens (including phenoxy) is 1. The monoisotopic (exact) mass is 497 g/mol. The van der Waals surface area contributed by atoms with Crippen molar-refractivity contribution in [1.82, 2.24) is 20.2 Å². The standard InChI is InChI=1S/C26H39N7O3/c1-17(2)33-12-11-22(34)32(7)20-14-27-25(30-23(20)33)29-19-10-9-18(13-21(19)36-8)24(35)28-15-26(3,4)16-31(5)6/h9-10,13-14,17H,11-12,15-16H2,1-8H3,(H,28,35)(H,27,29,30). The van der Waals surface area contributed by atoms with Crippen LogP contribution in [0.25, 0.3) is 0 Å². The van der Waals surface area contributed by atoms with Gasteiger partial charge >= 0.3 is 0 Å². The van der Waals surface area contributed by atoms with E-state index in [1.165, 1.54) is 0 Å². The van der Waals surface area contributed by atoms with Crippen molar-refractivity contribution in [1.29, 1.82) is 0 Å². The number of rotatable bonds is 9. The molecule has 1 aliphatic heterocycles. The van der Waals surface area contributed by atoms with Gasteiger partial charge in [0.05, 0.1) is 19.0 Å². The van der Waals surface area contributed by atoms with Crippen LogP contribution < -0.4 is 25.2 Å². The smallest absolute Gasteiger partial charge is 0.251 e. The van der Waals surface area contributed by atoms with Crippen LogP contribution in [0.5, 0.6) is 5.75 Å². The fourth-order valence-electron chi connectivity index (χ4n) is 4.39. The van der Waals surface area contributed by atoms with Crippen molar-refractivity contribution in [2.45, 2.75) is 40.2 Å². The maximum atomic E-state index is 12.8. The normalized spacial score (nSPS) is 14.1. The molecule has 2 N–H and O–H groups in total. The Morgan fingerprint density at radius 2 is 2.00 bits per heavy atom. The van der Waals surface area contributed by atoms with Crippen LogP contribution in [0.15, 0.2) is 24.4 Å². The van der Waals surface area contributed by atoms with Crippen molar-refractivity contribution in [2.75, 3.05) is 63.0 Å². The van der Waals surface area contributed by atoms with Crippen molar-refractivity contribution in [3.05, 3.63) is 30.0 Å². The first-order valence-corrected chi connectivity index (χ1v) is 12.2. The van der Waals surface area contributed by atoms with Crippen LogP contribution in [0.4, 0.5) is 23.1 Å². The van der Waals surface area contributed by atoms with Crippen LogP contribution in [0.2, 0.25) is 0 Å². The molecular weight excluding hydrogens is 458 g/mol. The van der Waals surface area contributed by atoms with E-state index in [4.69, 9.17) is 9.72 Å². The molecular formula is C26H39N7O3. The van der Waals surface area contributed by atoms with Crippen molar-refractivity contribution < 1.29 is 14.3 Å². The zero-order valence-corrected chi connectivity index (χ0v) is 22.7. The second-order valence-corrected chi connectivity index (χ2v) is 10.5. The summed E-state index contributed by atoms with van der Waals surface area (Å²) in [5.74, 6) is 1.45. The molecule has 0 aliphatic carbocycles. The molecule has 3 rings (SSSR count). The van der Waals surface area contributed by atoms with Crippen LogP contribution in [-0.4, -0.2) is 80.6 Å². The Kier molecular flexibility index (Phi) is 8.39. The number of amides is 2. The van der Waals surface area contributed by atoms with Gasteiger partial charge in [0.2, 0.25) is 11.9 Å². The molecule has 2 amide bonds. The van der Waals surface area contributed by atoms with Gasteiger partial charge in [-0.1, -0.05) is 13.8 Å². The summed E-state index contributed by atoms with van der Waals surface area (Å²) in [6.07, 6.45) is 2.07. The minimum Gasteiger partial charge on any atom is -0.495 e. The number of hydrogen-bond acceptors (Lipinski definition) is 8. The molecule has 0 bridgehead atoms. The summed E-state index contributed by atoms with van der Waals surface area (Å²) in [6, 6.07) is 5.40. The quantitative estimate of drug-likeness (QED) is 0.545. The summed E-state index contributed by atoms with van der Waals surface area (Å²) < 4.78 is 5.56. The van der Waals surface area contributed by atoms with E-state index in [1.54, 1.807) is 43.5 Å². The zero-order valence-electron chi connectivity index (χ0n) is 22.7. The molecule has 0 saturated carbocycles. The minimum atomic E-state index is -0.159. The molecule has 0 radical (unpaired) electrons. The predicted octanol–water partition coefficient (Wildman–Crippen LogP) is 3.13. The predicted molar refractivity (Wildman–Crippen MR) is 143 cm³/mol. The third-order valence-electron chi connectivity index (χ3n) is 6.13. The lowest BCUT2D eigenvalue weighted by molar-refractivity contribution is -0.118. The molecule has 1 aromatic heterocycles. The van der Waals surface area contributed by atoms with Crippen LogP contribution in [-0.2, 0) is 4.79 Å². The number of methoxy groups -OCH3 is 1. The number of benzene rings is 1. The summed E-state index contributed by atoms with van der Waals surface area (Å²) in [5, 5.41) is 6.23. The summed E-state index contributed by atoms with van der Waals surface area (Å²) in [5.41, 5.74) is 1.76.